The summed E-state index contributed by atoms with van der Waals surface area (Å²) in [5.74, 6) is -0.490. The van der Waals surface area contributed by atoms with E-state index >= 15 is 0 Å². The summed E-state index contributed by atoms with van der Waals surface area (Å²) in [4.78, 5) is 21.3. The van der Waals surface area contributed by atoms with Crippen molar-refractivity contribution in [1.82, 2.24) is 0 Å². The van der Waals surface area contributed by atoms with E-state index in [4.69, 9.17) is 16.2 Å². The second-order valence-corrected chi connectivity index (χ2v) is 3.32. The molecule has 0 aliphatic heterocycles. The van der Waals surface area contributed by atoms with E-state index in [0.29, 0.717) is 6.42 Å². The number of amides is 2. The lowest BCUT2D eigenvalue weighted by molar-refractivity contribution is -0.123. The maximum atomic E-state index is 10.8. The molecule has 1 rings (SSSR count). The lowest BCUT2D eigenvalue weighted by Crippen LogP contribution is -2.34. The Labute approximate surface area is 76.4 Å². The van der Waals surface area contributed by atoms with E-state index < -0.39 is 6.09 Å². The van der Waals surface area contributed by atoms with E-state index in [0.717, 1.165) is 19.3 Å². The first-order valence-corrected chi connectivity index (χ1v) is 4.35. The zero-order chi connectivity index (χ0) is 9.84. The van der Waals surface area contributed by atoms with Gasteiger partial charge in [0.1, 0.15) is 6.10 Å². The Morgan fingerprint density at radius 1 is 1.23 bits per heavy atom. The number of ether oxygens (including phenoxy) is 1. The van der Waals surface area contributed by atoms with Crippen LogP contribution in [0.1, 0.15) is 25.7 Å². The molecule has 13 heavy (non-hydrogen) atoms. The van der Waals surface area contributed by atoms with E-state index in [-0.39, 0.29) is 17.9 Å². The van der Waals surface area contributed by atoms with Crippen LogP contribution in [0, 0.1) is 5.92 Å². The number of hydrogen-bond acceptors (Lipinski definition) is 3. The Hall–Kier alpha value is -1.26. The number of rotatable bonds is 2. The smallest absolute Gasteiger partial charge is 0.404 e. The predicted octanol–water partition coefficient (Wildman–Crippen LogP) is 0.126. The van der Waals surface area contributed by atoms with Crippen LogP contribution in [0.25, 0.3) is 0 Å². The minimum atomic E-state index is -0.782. The maximum absolute atomic E-state index is 10.8. The summed E-state index contributed by atoms with van der Waals surface area (Å²) in [6.07, 6.45) is 1.91. The number of carbonyl (C=O) groups excluding carboxylic acids is 2. The molecule has 0 aromatic rings. The average Bonchev–Trinajstić information content (AvgIpc) is 2.03. The zero-order valence-electron chi connectivity index (χ0n) is 7.36. The Kier molecular flexibility index (Phi) is 3.11. The molecule has 0 unspecified atom stereocenters. The number of primary amides is 2. The maximum Gasteiger partial charge on any atom is 0.404 e. The molecule has 0 radical (unpaired) electrons. The summed E-state index contributed by atoms with van der Waals surface area (Å²) < 4.78 is 4.80. The first-order chi connectivity index (χ1) is 6.09. The fourth-order valence-electron chi connectivity index (χ4n) is 1.67. The van der Waals surface area contributed by atoms with Crippen molar-refractivity contribution in [1.29, 1.82) is 0 Å². The number of nitrogens with two attached hydrogens (primary N) is 2. The molecule has 0 spiro atoms. The van der Waals surface area contributed by atoms with Crippen molar-refractivity contribution in [3.8, 4) is 0 Å². The van der Waals surface area contributed by atoms with E-state index in [1.807, 2.05) is 0 Å². The van der Waals surface area contributed by atoms with Gasteiger partial charge < -0.3 is 16.2 Å². The first-order valence-electron chi connectivity index (χ1n) is 4.35. The van der Waals surface area contributed by atoms with Gasteiger partial charge in [0.15, 0.2) is 0 Å². The van der Waals surface area contributed by atoms with Gasteiger partial charge >= 0.3 is 6.09 Å². The zero-order valence-corrected chi connectivity index (χ0v) is 7.36. The van der Waals surface area contributed by atoms with Gasteiger partial charge in [0.05, 0.1) is 0 Å². The second kappa shape index (κ2) is 4.11. The minimum absolute atomic E-state index is 0.168. The van der Waals surface area contributed by atoms with Crippen molar-refractivity contribution in [3.63, 3.8) is 0 Å². The van der Waals surface area contributed by atoms with Crippen LogP contribution in [-0.4, -0.2) is 18.1 Å². The van der Waals surface area contributed by atoms with Gasteiger partial charge in [-0.1, -0.05) is 0 Å². The molecule has 74 valence electrons. The Morgan fingerprint density at radius 3 is 2.46 bits per heavy atom. The van der Waals surface area contributed by atoms with Crippen molar-refractivity contribution in [2.45, 2.75) is 31.8 Å². The second-order valence-electron chi connectivity index (χ2n) is 3.32. The van der Waals surface area contributed by atoms with Gasteiger partial charge in [-0.05, 0) is 25.7 Å². The van der Waals surface area contributed by atoms with Crippen LogP contribution in [0.2, 0.25) is 0 Å². The van der Waals surface area contributed by atoms with Crippen LogP contribution in [0.4, 0.5) is 4.79 Å². The third kappa shape index (κ3) is 2.93. The van der Waals surface area contributed by atoms with E-state index in [2.05, 4.69) is 0 Å². The molecule has 2 atom stereocenters. The highest BCUT2D eigenvalue weighted by atomic mass is 16.6. The highest BCUT2D eigenvalue weighted by Gasteiger charge is 2.27. The van der Waals surface area contributed by atoms with Crippen molar-refractivity contribution in [3.05, 3.63) is 0 Å². The summed E-state index contributed by atoms with van der Waals surface area (Å²) >= 11 is 0. The normalized spacial score (nSPS) is 28.0. The molecule has 1 aliphatic rings. The molecule has 2 amide bonds. The lowest BCUT2D eigenvalue weighted by Gasteiger charge is -2.26. The molecule has 0 saturated heterocycles. The Balaban J connectivity index is 2.41. The molecule has 0 aromatic heterocycles. The van der Waals surface area contributed by atoms with Gasteiger partial charge in [-0.2, -0.15) is 0 Å². The van der Waals surface area contributed by atoms with E-state index in [1.165, 1.54) is 0 Å². The predicted molar refractivity (Wildman–Crippen MR) is 45.6 cm³/mol. The lowest BCUT2D eigenvalue weighted by atomic mass is 9.87. The molecular formula is C8H14N2O3. The van der Waals surface area contributed by atoms with Gasteiger partial charge in [0.2, 0.25) is 5.91 Å². The van der Waals surface area contributed by atoms with Gasteiger partial charge in [-0.25, -0.2) is 4.79 Å². The fourth-order valence-corrected chi connectivity index (χ4v) is 1.67. The summed E-state index contributed by atoms with van der Waals surface area (Å²) in [5.41, 5.74) is 10.0. The highest BCUT2D eigenvalue weighted by molar-refractivity contribution is 5.76. The van der Waals surface area contributed by atoms with Crippen LogP contribution < -0.4 is 11.5 Å². The van der Waals surface area contributed by atoms with Crippen molar-refractivity contribution in [2.24, 2.45) is 17.4 Å². The van der Waals surface area contributed by atoms with Gasteiger partial charge in [-0.3, -0.25) is 4.79 Å². The quantitative estimate of drug-likeness (QED) is 0.641. The summed E-state index contributed by atoms with van der Waals surface area (Å²) in [6.45, 7) is 0. The summed E-state index contributed by atoms with van der Waals surface area (Å²) in [5, 5.41) is 0. The Bertz CT molecular complexity index is 217. The molecule has 5 nitrogen and oxygen atoms in total. The van der Waals surface area contributed by atoms with Crippen LogP contribution >= 0.6 is 0 Å². The van der Waals surface area contributed by atoms with Crippen LogP contribution in [0.5, 0.6) is 0 Å². The molecule has 1 aliphatic carbocycles. The third-order valence-electron chi connectivity index (χ3n) is 2.31. The largest absolute Gasteiger partial charge is 0.446 e. The van der Waals surface area contributed by atoms with E-state index in [9.17, 15) is 9.59 Å². The summed E-state index contributed by atoms with van der Waals surface area (Å²) in [6, 6.07) is 0. The average molecular weight is 186 g/mol. The van der Waals surface area contributed by atoms with Crippen molar-refractivity contribution in [2.75, 3.05) is 0 Å². The molecule has 5 heteroatoms. The van der Waals surface area contributed by atoms with E-state index in [1.54, 1.807) is 0 Å². The monoisotopic (exact) mass is 186 g/mol. The minimum Gasteiger partial charge on any atom is -0.446 e. The number of carbonyl (C=O) groups is 2. The van der Waals surface area contributed by atoms with Crippen LogP contribution in [-0.2, 0) is 9.53 Å². The fraction of sp³-hybridized carbons (Fsp3) is 0.750. The van der Waals surface area contributed by atoms with Gasteiger partial charge in [0.25, 0.3) is 0 Å². The topological polar surface area (TPSA) is 95.4 Å². The van der Waals surface area contributed by atoms with Crippen LogP contribution in [0.15, 0.2) is 0 Å². The number of hydrogen-bond donors (Lipinski definition) is 2. The molecule has 0 aromatic carbocycles. The van der Waals surface area contributed by atoms with Crippen molar-refractivity contribution >= 4 is 12.0 Å². The molecule has 0 bridgehead atoms. The molecular weight excluding hydrogens is 172 g/mol. The highest BCUT2D eigenvalue weighted by Crippen LogP contribution is 2.25. The molecule has 1 fully saturated rings. The third-order valence-corrected chi connectivity index (χ3v) is 2.31. The van der Waals surface area contributed by atoms with Gasteiger partial charge in [-0.15, -0.1) is 0 Å². The first kappa shape index (κ1) is 9.83. The SMILES string of the molecule is NC(=O)O[C@@H]1CCC[C@@H](C(N)=O)C1. The molecule has 1 saturated carbocycles. The molecule has 4 N–H and O–H groups in total. The van der Waals surface area contributed by atoms with Gasteiger partial charge in [0, 0.05) is 5.92 Å². The van der Waals surface area contributed by atoms with Crippen LogP contribution in [0.3, 0.4) is 0 Å². The standard InChI is InChI=1S/C8H14N2O3/c9-7(11)5-2-1-3-6(4-5)13-8(10)12/h5-6H,1-4H2,(H2,9,11)(H2,10,12)/t5-,6-/m1/s1. The summed E-state index contributed by atoms with van der Waals surface area (Å²) in [7, 11) is 0. The molecule has 0 heterocycles. The van der Waals surface area contributed by atoms with Crippen molar-refractivity contribution < 1.29 is 14.3 Å². The Morgan fingerprint density at radius 2 is 1.92 bits per heavy atom.